The maximum absolute atomic E-state index is 12.4. The molecule has 1 aromatic carbocycles. The molecule has 0 fully saturated rings. The van der Waals surface area contributed by atoms with Gasteiger partial charge in [-0.05, 0) is 32.0 Å². The van der Waals surface area contributed by atoms with Gasteiger partial charge in [0, 0.05) is 17.1 Å². The fraction of sp³-hybridized carbons (Fsp3) is 0.455. The van der Waals surface area contributed by atoms with E-state index in [9.17, 15) is 8.42 Å². The molecule has 0 saturated heterocycles. The number of aliphatic hydroxyl groups is 1. The molecule has 0 radical (unpaired) electrons. The molecule has 0 aromatic heterocycles. The zero-order valence-electron chi connectivity index (χ0n) is 10.3. The molecule has 0 amide bonds. The first-order valence-electron chi connectivity index (χ1n) is 5.48. The first-order valence-corrected chi connectivity index (χ1v) is 7.71. The molecule has 0 spiro atoms. The van der Waals surface area contributed by atoms with Crippen molar-refractivity contribution < 1.29 is 13.5 Å². The number of anilines is 1. The Labute approximate surface area is 116 Å². The molecule has 0 bridgehead atoms. The van der Waals surface area contributed by atoms with Crippen molar-refractivity contribution in [3.63, 3.8) is 0 Å². The highest BCUT2D eigenvalue weighted by atomic mass is 79.9. The molecule has 7 heteroatoms. The summed E-state index contributed by atoms with van der Waals surface area (Å²) in [6.07, 6.45) is 0. The number of nitrogens with zero attached hydrogens (tertiary/aromatic N) is 1. The van der Waals surface area contributed by atoms with Gasteiger partial charge in [0.1, 0.15) is 4.90 Å². The number of benzene rings is 1. The van der Waals surface area contributed by atoms with Crippen molar-refractivity contribution >= 4 is 31.6 Å². The Bertz CT molecular complexity index is 517. The maximum Gasteiger partial charge on any atom is 0.245 e. The number of aliphatic hydroxyl groups excluding tert-OH is 1. The highest BCUT2D eigenvalue weighted by Crippen LogP contribution is 2.26. The summed E-state index contributed by atoms with van der Waals surface area (Å²) in [6.45, 7) is 3.33. The van der Waals surface area contributed by atoms with E-state index in [-0.39, 0.29) is 29.8 Å². The third-order valence-electron chi connectivity index (χ3n) is 2.45. The number of halogens is 1. The maximum atomic E-state index is 12.4. The number of rotatable bonds is 5. The average molecular weight is 337 g/mol. The Balaban J connectivity index is 3.26. The Kier molecular flexibility index (Phi) is 5.15. The van der Waals surface area contributed by atoms with Crippen molar-refractivity contribution in [3.05, 3.63) is 22.7 Å². The first kappa shape index (κ1) is 15.4. The SMILES string of the molecule is CC(C)N(CCO)S(=O)(=O)c1ccc(Br)cc1N. The minimum Gasteiger partial charge on any atom is -0.398 e. The summed E-state index contributed by atoms with van der Waals surface area (Å²) < 4.78 is 26.8. The quantitative estimate of drug-likeness (QED) is 0.796. The van der Waals surface area contributed by atoms with E-state index in [0.717, 1.165) is 4.47 Å². The van der Waals surface area contributed by atoms with Crippen LogP contribution in [0.1, 0.15) is 13.8 Å². The van der Waals surface area contributed by atoms with Crippen LogP contribution in [-0.2, 0) is 10.0 Å². The van der Waals surface area contributed by atoms with Crippen LogP contribution >= 0.6 is 15.9 Å². The molecule has 0 aliphatic heterocycles. The summed E-state index contributed by atoms with van der Waals surface area (Å²) in [4.78, 5) is 0.0628. The van der Waals surface area contributed by atoms with Crippen LogP contribution in [0.4, 0.5) is 5.69 Å². The van der Waals surface area contributed by atoms with Gasteiger partial charge >= 0.3 is 0 Å². The third kappa shape index (κ3) is 3.23. The Morgan fingerprint density at radius 3 is 2.50 bits per heavy atom. The van der Waals surface area contributed by atoms with Gasteiger partial charge < -0.3 is 10.8 Å². The standard InChI is InChI=1S/C11H17BrN2O3S/c1-8(2)14(5-6-15)18(16,17)11-4-3-9(12)7-10(11)13/h3-4,7-8,15H,5-6,13H2,1-2H3. The largest absolute Gasteiger partial charge is 0.398 e. The Hall–Kier alpha value is -0.630. The molecule has 0 unspecified atom stereocenters. The van der Waals surface area contributed by atoms with Gasteiger partial charge in [-0.3, -0.25) is 0 Å². The predicted octanol–water partition coefficient (Wildman–Crippen LogP) is 1.42. The highest BCUT2D eigenvalue weighted by molar-refractivity contribution is 9.10. The molecule has 0 heterocycles. The minimum atomic E-state index is -3.68. The lowest BCUT2D eigenvalue weighted by Crippen LogP contribution is -2.39. The van der Waals surface area contributed by atoms with Gasteiger partial charge in [-0.1, -0.05) is 15.9 Å². The van der Waals surface area contributed by atoms with Crippen molar-refractivity contribution in [2.45, 2.75) is 24.8 Å². The van der Waals surface area contributed by atoms with Gasteiger partial charge in [-0.25, -0.2) is 8.42 Å². The lowest BCUT2D eigenvalue weighted by atomic mass is 10.3. The van der Waals surface area contributed by atoms with Crippen LogP contribution in [0.25, 0.3) is 0 Å². The van der Waals surface area contributed by atoms with Gasteiger partial charge in [0.15, 0.2) is 0 Å². The normalized spacial score (nSPS) is 12.3. The predicted molar refractivity (Wildman–Crippen MR) is 74.7 cm³/mol. The van der Waals surface area contributed by atoms with E-state index >= 15 is 0 Å². The smallest absolute Gasteiger partial charge is 0.245 e. The fourth-order valence-electron chi connectivity index (χ4n) is 1.64. The second-order valence-corrected chi connectivity index (χ2v) is 6.89. The van der Waals surface area contributed by atoms with Crippen molar-refractivity contribution in [2.24, 2.45) is 0 Å². The molecule has 102 valence electrons. The molecule has 0 aliphatic rings. The Morgan fingerprint density at radius 1 is 1.44 bits per heavy atom. The van der Waals surface area contributed by atoms with E-state index < -0.39 is 10.0 Å². The van der Waals surface area contributed by atoms with E-state index in [2.05, 4.69) is 15.9 Å². The van der Waals surface area contributed by atoms with Gasteiger partial charge in [-0.15, -0.1) is 0 Å². The van der Waals surface area contributed by atoms with E-state index in [1.807, 2.05) is 0 Å². The molecule has 18 heavy (non-hydrogen) atoms. The number of hydrogen-bond donors (Lipinski definition) is 2. The van der Waals surface area contributed by atoms with Crippen molar-refractivity contribution in [3.8, 4) is 0 Å². The van der Waals surface area contributed by atoms with E-state index in [1.54, 1.807) is 26.0 Å². The van der Waals surface area contributed by atoms with Gasteiger partial charge in [0.25, 0.3) is 0 Å². The van der Waals surface area contributed by atoms with Gasteiger partial charge in [0.2, 0.25) is 10.0 Å². The summed E-state index contributed by atoms with van der Waals surface area (Å²) in [7, 11) is -3.68. The molecule has 0 saturated carbocycles. The molecular formula is C11H17BrN2O3S. The fourth-order valence-corrected chi connectivity index (χ4v) is 3.74. The zero-order chi connectivity index (χ0) is 13.9. The summed E-state index contributed by atoms with van der Waals surface area (Å²) in [6, 6.07) is 4.39. The zero-order valence-corrected chi connectivity index (χ0v) is 12.7. The van der Waals surface area contributed by atoms with Crippen LogP contribution < -0.4 is 5.73 Å². The lowest BCUT2D eigenvalue weighted by molar-refractivity contribution is 0.236. The number of sulfonamides is 1. The van der Waals surface area contributed by atoms with Crippen LogP contribution in [0.3, 0.4) is 0 Å². The van der Waals surface area contributed by atoms with E-state index in [4.69, 9.17) is 10.8 Å². The number of hydrogen-bond acceptors (Lipinski definition) is 4. The van der Waals surface area contributed by atoms with Gasteiger partial charge in [0.05, 0.1) is 12.3 Å². The summed E-state index contributed by atoms with van der Waals surface area (Å²) in [5.41, 5.74) is 5.93. The molecular weight excluding hydrogens is 320 g/mol. The summed E-state index contributed by atoms with van der Waals surface area (Å²) in [5.74, 6) is 0. The first-order chi connectivity index (χ1) is 8.30. The molecule has 0 atom stereocenters. The number of nitrogens with two attached hydrogens (primary N) is 1. The van der Waals surface area contributed by atoms with Crippen LogP contribution in [0.2, 0.25) is 0 Å². The van der Waals surface area contributed by atoms with Crippen LogP contribution in [0.5, 0.6) is 0 Å². The monoisotopic (exact) mass is 336 g/mol. The minimum absolute atomic E-state index is 0.0511. The molecule has 1 aromatic rings. The lowest BCUT2D eigenvalue weighted by Gasteiger charge is -2.25. The number of nitrogen functional groups attached to an aromatic ring is 1. The van der Waals surface area contributed by atoms with E-state index in [0.29, 0.717) is 0 Å². The highest BCUT2D eigenvalue weighted by Gasteiger charge is 2.28. The topological polar surface area (TPSA) is 83.6 Å². The summed E-state index contributed by atoms with van der Waals surface area (Å²) in [5, 5.41) is 8.96. The van der Waals surface area contributed by atoms with Crippen LogP contribution in [0, 0.1) is 0 Å². The second kappa shape index (κ2) is 6.01. The summed E-state index contributed by atoms with van der Waals surface area (Å²) >= 11 is 3.23. The average Bonchev–Trinajstić information content (AvgIpc) is 2.24. The molecule has 1 rings (SSSR count). The molecule has 0 aliphatic carbocycles. The van der Waals surface area contributed by atoms with Crippen molar-refractivity contribution in [1.82, 2.24) is 4.31 Å². The second-order valence-electron chi connectivity index (χ2n) is 4.12. The van der Waals surface area contributed by atoms with Crippen molar-refractivity contribution in [2.75, 3.05) is 18.9 Å². The molecule has 5 nitrogen and oxygen atoms in total. The molecule has 3 N–H and O–H groups in total. The van der Waals surface area contributed by atoms with Crippen LogP contribution in [-0.4, -0.2) is 37.0 Å². The third-order valence-corrected chi connectivity index (χ3v) is 5.10. The van der Waals surface area contributed by atoms with Crippen LogP contribution in [0.15, 0.2) is 27.6 Å². The Morgan fingerprint density at radius 2 is 2.06 bits per heavy atom. The van der Waals surface area contributed by atoms with E-state index in [1.165, 1.54) is 10.4 Å². The van der Waals surface area contributed by atoms with Gasteiger partial charge in [-0.2, -0.15) is 4.31 Å². The van der Waals surface area contributed by atoms with Crippen molar-refractivity contribution in [1.29, 1.82) is 0 Å².